The first kappa shape index (κ1) is 16.9. The molecule has 1 amide bonds. The number of amides is 1. The van der Waals surface area contributed by atoms with E-state index in [0.717, 1.165) is 29.7 Å². The second-order valence-electron chi connectivity index (χ2n) is 6.63. The minimum Gasteiger partial charge on any atom is -0.481 e. The van der Waals surface area contributed by atoms with Crippen molar-refractivity contribution in [1.29, 1.82) is 0 Å². The molecule has 1 saturated carbocycles. The Hall–Kier alpha value is -1.51. The largest absolute Gasteiger partial charge is 0.481 e. The van der Waals surface area contributed by atoms with Gasteiger partial charge >= 0.3 is 0 Å². The number of aryl methyl sites for hydroxylation is 2. The van der Waals surface area contributed by atoms with E-state index in [-0.39, 0.29) is 5.91 Å². The molecule has 0 bridgehead atoms. The number of benzene rings is 1. The van der Waals surface area contributed by atoms with E-state index in [4.69, 9.17) is 4.74 Å². The molecule has 0 unspecified atom stereocenters. The molecule has 1 fully saturated rings. The summed E-state index contributed by atoms with van der Waals surface area (Å²) in [7, 11) is 0. The first-order valence-corrected chi connectivity index (χ1v) is 8.60. The van der Waals surface area contributed by atoms with Crippen LogP contribution < -0.4 is 10.1 Å². The molecule has 0 saturated heterocycles. The molecule has 1 aliphatic carbocycles. The smallest absolute Gasteiger partial charge is 0.260 e. The second kappa shape index (κ2) is 8.21. The molecule has 3 nitrogen and oxygen atoms in total. The maximum Gasteiger partial charge on any atom is 0.260 e. The Morgan fingerprint density at radius 1 is 1.05 bits per heavy atom. The van der Waals surface area contributed by atoms with Gasteiger partial charge in [0.1, 0.15) is 5.75 Å². The topological polar surface area (TPSA) is 38.3 Å². The molecule has 0 aliphatic heterocycles. The fourth-order valence-electron chi connectivity index (χ4n) is 3.18. The zero-order chi connectivity index (χ0) is 15.9. The summed E-state index contributed by atoms with van der Waals surface area (Å²) >= 11 is 0. The number of hydrogen-bond donors (Lipinski definition) is 1. The SMILES string of the molecule is Cc1cc(C)cc(O[C@H](C)C(=O)NC2CCCCCCC2)c1. The summed E-state index contributed by atoms with van der Waals surface area (Å²) in [6.45, 7) is 5.91. The minimum absolute atomic E-state index is 0.00438. The molecule has 2 rings (SSSR count). The molecule has 1 N–H and O–H groups in total. The van der Waals surface area contributed by atoms with Gasteiger partial charge < -0.3 is 10.1 Å². The van der Waals surface area contributed by atoms with E-state index in [1.165, 1.54) is 32.1 Å². The Morgan fingerprint density at radius 3 is 2.18 bits per heavy atom. The normalized spacial score (nSPS) is 18.1. The number of carbonyl (C=O) groups excluding carboxylic acids is 1. The molecule has 0 radical (unpaired) electrons. The molecule has 1 aromatic rings. The fourth-order valence-corrected chi connectivity index (χ4v) is 3.18. The van der Waals surface area contributed by atoms with Crippen LogP contribution in [0.15, 0.2) is 18.2 Å². The van der Waals surface area contributed by atoms with Gasteiger partial charge in [-0.25, -0.2) is 0 Å². The van der Waals surface area contributed by atoms with Crippen LogP contribution >= 0.6 is 0 Å². The van der Waals surface area contributed by atoms with Gasteiger partial charge in [-0.05, 0) is 56.9 Å². The van der Waals surface area contributed by atoms with Crippen molar-refractivity contribution >= 4 is 5.91 Å². The summed E-state index contributed by atoms with van der Waals surface area (Å²) in [4.78, 5) is 12.3. The highest BCUT2D eigenvalue weighted by molar-refractivity contribution is 5.81. The third-order valence-electron chi connectivity index (χ3n) is 4.33. The maximum atomic E-state index is 12.3. The lowest BCUT2D eigenvalue weighted by atomic mass is 9.96. The predicted molar refractivity (Wildman–Crippen MR) is 90.3 cm³/mol. The summed E-state index contributed by atoms with van der Waals surface area (Å²) in [5.41, 5.74) is 2.31. The van der Waals surface area contributed by atoms with Crippen molar-refractivity contribution in [2.75, 3.05) is 0 Å². The first-order chi connectivity index (χ1) is 10.5. The summed E-state index contributed by atoms with van der Waals surface area (Å²) in [6.07, 6.45) is 8.11. The molecule has 122 valence electrons. The summed E-state index contributed by atoms with van der Waals surface area (Å²) in [6, 6.07) is 6.38. The van der Waals surface area contributed by atoms with E-state index in [9.17, 15) is 4.79 Å². The van der Waals surface area contributed by atoms with Gasteiger partial charge in [-0.2, -0.15) is 0 Å². The molecule has 22 heavy (non-hydrogen) atoms. The van der Waals surface area contributed by atoms with E-state index in [1.54, 1.807) is 0 Å². The van der Waals surface area contributed by atoms with Crippen LogP contribution in [-0.4, -0.2) is 18.1 Å². The molecule has 1 atom stereocenters. The number of nitrogens with one attached hydrogen (secondary N) is 1. The van der Waals surface area contributed by atoms with Gasteiger partial charge in [0.15, 0.2) is 6.10 Å². The second-order valence-corrected chi connectivity index (χ2v) is 6.63. The Labute approximate surface area is 134 Å². The molecule has 1 aliphatic rings. The summed E-state index contributed by atoms with van der Waals surface area (Å²) < 4.78 is 5.82. The predicted octanol–water partition coefficient (Wildman–Crippen LogP) is 4.30. The third kappa shape index (κ3) is 5.36. The lowest BCUT2D eigenvalue weighted by Gasteiger charge is -2.23. The fraction of sp³-hybridized carbons (Fsp3) is 0.632. The Bertz CT molecular complexity index is 470. The highest BCUT2D eigenvalue weighted by Crippen LogP contribution is 2.19. The van der Waals surface area contributed by atoms with Gasteiger partial charge in [-0.3, -0.25) is 4.79 Å². The highest BCUT2D eigenvalue weighted by Gasteiger charge is 2.19. The first-order valence-electron chi connectivity index (χ1n) is 8.60. The van der Waals surface area contributed by atoms with E-state index < -0.39 is 6.10 Å². The van der Waals surface area contributed by atoms with Crippen molar-refractivity contribution in [3.8, 4) is 5.75 Å². The van der Waals surface area contributed by atoms with E-state index in [0.29, 0.717) is 6.04 Å². The van der Waals surface area contributed by atoms with Crippen LogP contribution in [-0.2, 0) is 4.79 Å². The number of hydrogen-bond acceptors (Lipinski definition) is 2. The van der Waals surface area contributed by atoms with Gasteiger partial charge in [0.25, 0.3) is 5.91 Å². The Kier molecular flexibility index (Phi) is 6.29. The number of rotatable bonds is 4. The average molecular weight is 303 g/mol. The standard InChI is InChI=1S/C19H29NO2/c1-14-11-15(2)13-18(12-14)22-16(3)19(21)20-17-9-7-5-4-6-8-10-17/h11-13,16-17H,4-10H2,1-3H3,(H,20,21)/t16-/m1/s1. The maximum absolute atomic E-state index is 12.3. The molecule has 3 heteroatoms. The van der Waals surface area contributed by atoms with Gasteiger partial charge in [-0.15, -0.1) is 0 Å². The zero-order valence-electron chi connectivity index (χ0n) is 14.2. The van der Waals surface area contributed by atoms with Gasteiger partial charge in [0, 0.05) is 6.04 Å². The quantitative estimate of drug-likeness (QED) is 0.900. The van der Waals surface area contributed by atoms with Crippen LogP contribution in [0.2, 0.25) is 0 Å². The Morgan fingerprint density at radius 2 is 1.59 bits per heavy atom. The number of ether oxygens (including phenoxy) is 1. The Balaban J connectivity index is 1.87. The van der Waals surface area contributed by atoms with Gasteiger partial charge in [0.05, 0.1) is 0 Å². The van der Waals surface area contributed by atoms with Crippen molar-refractivity contribution in [3.05, 3.63) is 29.3 Å². The van der Waals surface area contributed by atoms with Crippen LogP contribution in [0.25, 0.3) is 0 Å². The minimum atomic E-state index is -0.452. The van der Waals surface area contributed by atoms with Crippen molar-refractivity contribution in [1.82, 2.24) is 5.32 Å². The molecule has 0 heterocycles. The van der Waals surface area contributed by atoms with Crippen LogP contribution in [0, 0.1) is 13.8 Å². The van der Waals surface area contributed by atoms with Crippen molar-refractivity contribution in [2.24, 2.45) is 0 Å². The van der Waals surface area contributed by atoms with Crippen molar-refractivity contribution < 1.29 is 9.53 Å². The lowest BCUT2D eigenvalue weighted by molar-refractivity contribution is -0.128. The van der Waals surface area contributed by atoms with E-state index in [1.807, 2.05) is 32.9 Å². The molecule has 0 aromatic heterocycles. The molecular weight excluding hydrogens is 274 g/mol. The molecular formula is C19H29NO2. The van der Waals surface area contributed by atoms with E-state index in [2.05, 4.69) is 11.4 Å². The van der Waals surface area contributed by atoms with Crippen LogP contribution in [0.3, 0.4) is 0 Å². The zero-order valence-corrected chi connectivity index (χ0v) is 14.2. The third-order valence-corrected chi connectivity index (χ3v) is 4.33. The van der Waals surface area contributed by atoms with Crippen LogP contribution in [0.1, 0.15) is 63.0 Å². The number of carbonyl (C=O) groups is 1. The van der Waals surface area contributed by atoms with Gasteiger partial charge in [0.2, 0.25) is 0 Å². The van der Waals surface area contributed by atoms with Crippen LogP contribution in [0.5, 0.6) is 5.75 Å². The highest BCUT2D eigenvalue weighted by atomic mass is 16.5. The lowest BCUT2D eigenvalue weighted by Crippen LogP contribution is -2.42. The van der Waals surface area contributed by atoms with Crippen molar-refractivity contribution in [3.63, 3.8) is 0 Å². The molecule has 1 aromatic carbocycles. The van der Waals surface area contributed by atoms with Gasteiger partial charge in [-0.1, -0.05) is 38.2 Å². The summed E-state index contributed by atoms with van der Waals surface area (Å²) in [5, 5.41) is 3.17. The van der Waals surface area contributed by atoms with Crippen LogP contribution in [0.4, 0.5) is 0 Å². The average Bonchev–Trinajstić information content (AvgIpc) is 2.40. The summed E-state index contributed by atoms with van der Waals surface area (Å²) in [5.74, 6) is 0.780. The van der Waals surface area contributed by atoms with Crippen molar-refractivity contribution in [2.45, 2.75) is 77.9 Å². The monoisotopic (exact) mass is 303 g/mol. The molecule has 0 spiro atoms. The van der Waals surface area contributed by atoms with E-state index >= 15 is 0 Å².